The standard InChI is InChI=1S/C21H27ClN4O3.HI/c1-4-28-15-7-9-19(29-5-2)18(13-15)26-21(23)24-11-10-20(27)25-17-8-6-14(3)12-16(17)22;/h6-9,12-13H,4-5,10-11H2,1-3H3,(H,25,27)(H3,23,24,26);1H. The van der Waals surface area contributed by atoms with Crippen molar-refractivity contribution in [3.05, 3.63) is 47.0 Å². The van der Waals surface area contributed by atoms with E-state index < -0.39 is 0 Å². The zero-order valence-corrected chi connectivity index (χ0v) is 20.4. The first kappa shape index (κ1) is 25.8. The van der Waals surface area contributed by atoms with Gasteiger partial charge in [0, 0.05) is 12.5 Å². The summed E-state index contributed by atoms with van der Waals surface area (Å²) in [5.41, 5.74) is 8.21. The van der Waals surface area contributed by atoms with Crippen molar-refractivity contribution in [3.8, 4) is 11.5 Å². The van der Waals surface area contributed by atoms with Crippen LogP contribution in [0.5, 0.6) is 11.5 Å². The highest BCUT2D eigenvalue weighted by Gasteiger charge is 2.08. The SMILES string of the molecule is CCOc1ccc(OCC)c(NC(N)=NCCC(=O)Nc2ccc(C)cc2Cl)c1.I. The van der Waals surface area contributed by atoms with E-state index in [4.69, 9.17) is 26.8 Å². The van der Waals surface area contributed by atoms with Crippen LogP contribution in [0.4, 0.5) is 11.4 Å². The number of hydrogen-bond acceptors (Lipinski definition) is 4. The average Bonchev–Trinajstić information content (AvgIpc) is 2.66. The lowest BCUT2D eigenvalue weighted by Crippen LogP contribution is -2.24. The van der Waals surface area contributed by atoms with E-state index in [0.29, 0.717) is 41.1 Å². The van der Waals surface area contributed by atoms with Crippen molar-refractivity contribution in [2.45, 2.75) is 27.2 Å². The van der Waals surface area contributed by atoms with Crippen molar-refractivity contribution in [3.63, 3.8) is 0 Å². The second kappa shape index (κ2) is 13.2. The van der Waals surface area contributed by atoms with Crippen molar-refractivity contribution >= 4 is 58.8 Å². The van der Waals surface area contributed by atoms with Crippen LogP contribution < -0.4 is 25.8 Å². The van der Waals surface area contributed by atoms with Crippen molar-refractivity contribution in [1.29, 1.82) is 0 Å². The number of carbonyl (C=O) groups is 1. The number of aryl methyl sites for hydroxylation is 1. The number of amides is 1. The molecule has 9 heteroatoms. The lowest BCUT2D eigenvalue weighted by Gasteiger charge is -2.14. The van der Waals surface area contributed by atoms with Gasteiger partial charge in [-0.3, -0.25) is 9.79 Å². The van der Waals surface area contributed by atoms with Gasteiger partial charge in [0.1, 0.15) is 11.5 Å². The molecule has 0 atom stereocenters. The molecule has 0 aliphatic carbocycles. The number of hydrogen-bond donors (Lipinski definition) is 3. The first-order valence-electron chi connectivity index (χ1n) is 9.45. The van der Waals surface area contributed by atoms with Gasteiger partial charge in [0.15, 0.2) is 5.96 Å². The van der Waals surface area contributed by atoms with Gasteiger partial charge in [0.2, 0.25) is 5.91 Å². The van der Waals surface area contributed by atoms with Crippen LogP contribution in [0.15, 0.2) is 41.4 Å². The molecule has 0 saturated carbocycles. The van der Waals surface area contributed by atoms with E-state index in [-0.39, 0.29) is 48.8 Å². The highest BCUT2D eigenvalue weighted by Crippen LogP contribution is 2.29. The third-order valence-corrected chi connectivity index (χ3v) is 4.16. The molecule has 0 spiro atoms. The van der Waals surface area contributed by atoms with E-state index in [1.807, 2.05) is 39.0 Å². The van der Waals surface area contributed by atoms with Gasteiger partial charge in [-0.25, -0.2) is 0 Å². The molecule has 0 aromatic heterocycles. The van der Waals surface area contributed by atoms with Gasteiger partial charge < -0.3 is 25.8 Å². The number of nitrogens with zero attached hydrogens (tertiary/aromatic N) is 1. The molecule has 1 amide bonds. The molecule has 2 rings (SSSR count). The zero-order chi connectivity index (χ0) is 21.2. The number of anilines is 2. The van der Waals surface area contributed by atoms with Gasteiger partial charge in [-0.1, -0.05) is 17.7 Å². The monoisotopic (exact) mass is 546 g/mol. The molecule has 7 nitrogen and oxygen atoms in total. The molecule has 0 radical (unpaired) electrons. The summed E-state index contributed by atoms with van der Waals surface area (Å²) in [5, 5.41) is 6.27. The third-order valence-electron chi connectivity index (χ3n) is 3.84. The second-order valence-corrected chi connectivity index (χ2v) is 6.60. The average molecular weight is 547 g/mol. The van der Waals surface area contributed by atoms with Crippen molar-refractivity contribution < 1.29 is 14.3 Å². The van der Waals surface area contributed by atoms with E-state index in [2.05, 4.69) is 15.6 Å². The summed E-state index contributed by atoms with van der Waals surface area (Å²) < 4.78 is 11.1. The van der Waals surface area contributed by atoms with Crippen LogP contribution in [0.1, 0.15) is 25.8 Å². The minimum Gasteiger partial charge on any atom is -0.494 e. The Morgan fingerprint density at radius 2 is 1.80 bits per heavy atom. The van der Waals surface area contributed by atoms with E-state index in [0.717, 1.165) is 5.56 Å². The molecule has 2 aromatic carbocycles. The summed E-state index contributed by atoms with van der Waals surface area (Å²) in [7, 11) is 0. The summed E-state index contributed by atoms with van der Waals surface area (Å²) in [6.07, 6.45) is 0.171. The molecule has 0 saturated heterocycles. The number of carbonyl (C=O) groups excluding carboxylic acids is 1. The van der Waals surface area contributed by atoms with E-state index in [1.54, 1.807) is 18.2 Å². The molecule has 30 heavy (non-hydrogen) atoms. The molecular weight excluding hydrogens is 519 g/mol. The van der Waals surface area contributed by atoms with Crippen LogP contribution in [-0.4, -0.2) is 31.6 Å². The first-order valence-corrected chi connectivity index (χ1v) is 9.83. The molecule has 0 aliphatic rings. The molecular formula is C21H28ClIN4O3. The van der Waals surface area contributed by atoms with Crippen molar-refractivity contribution in [2.75, 3.05) is 30.4 Å². The Kier molecular flexibility index (Phi) is 11.3. The highest BCUT2D eigenvalue weighted by atomic mass is 127. The van der Waals surface area contributed by atoms with Crippen LogP contribution in [0.3, 0.4) is 0 Å². The smallest absolute Gasteiger partial charge is 0.226 e. The summed E-state index contributed by atoms with van der Waals surface area (Å²) in [6.45, 7) is 7.04. The van der Waals surface area contributed by atoms with Gasteiger partial charge in [0.25, 0.3) is 0 Å². The Morgan fingerprint density at radius 3 is 2.47 bits per heavy atom. The molecule has 0 bridgehead atoms. The quantitative estimate of drug-likeness (QED) is 0.238. The number of ether oxygens (including phenoxy) is 2. The lowest BCUT2D eigenvalue weighted by atomic mass is 10.2. The Balaban J connectivity index is 0.00000450. The summed E-state index contributed by atoms with van der Waals surface area (Å²) in [6, 6.07) is 10.9. The minimum atomic E-state index is -0.194. The number of nitrogens with one attached hydrogen (secondary N) is 2. The Bertz CT molecular complexity index is 877. The fourth-order valence-corrected chi connectivity index (χ4v) is 2.82. The summed E-state index contributed by atoms with van der Waals surface area (Å²) in [4.78, 5) is 16.3. The minimum absolute atomic E-state index is 0. The maximum Gasteiger partial charge on any atom is 0.226 e. The zero-order valence-electron chi connectivity index (χ0n) is 17.3. The van der Waals surface area contributed by atoms with Gasteiger partial charge >= 0.3 is 0 Å². The Hall–Kier alpha value is -2.20. The predicted molar refractivity (Wildman–Crippen MR) is 134 cm³/mol. The molecule has 2 aromatic rings. The Morgan fingerprint density at radius 1 is 1.07 bits per heavy atom. The number of guanidine groups is 1. The van der Waals surface area contributed by atoms with Crippen LogP contribution in [0.25, 0.3) is 0 Å². The van der Waals surface area contributed by atoms with Gasteiger partial charge in [-0.05, 0) is 50.6 Å². The topological polar surface area (TPSA) is 98.0 Å². The third kappa shape index (κ3) is 8.27. The molecule has 0 fully saturated rings. The molecule has 0 aliphatic heterocycles. The molecule has 164 valence electrons. The second-order valence-electron chi connectivity index (χ2n) is 6.20. The van der Waals surface area contributed by atoms with Gasteiger partial charge in [0.05, 0.1) is 36.2 Å². The Labute approximate surface area is 199 Å². The van der Waals surface area contributed by atoms with Gasteiger partial charge in [-0.2, -0.15) is 0 Å². The number of halogens is 2. The molecule has 0 unspecified atom stereocenters. The first-order chi connectivity index (χ1) is 13.9. The van der Waals surface area contributed by atoms with Crippen LogP contribution in [-0.2, 0) is 4.79 Å². The van der Waals surface area contributed by atoms with Crippen LogP contribution >= 0.6 is 35.6 Å². The lowest BCUT2D eigenvalue weighted by molar-refractivity contribution is -0.116. The number of benzene rings is 2. The van der Waals surface area contributed by atoms with E-state index in [1.165, 1.54) is 0 Å². The van der Waals surface area contributed by atoms with Gasteiger partial charge in [-0.15, -0.1) is 24.0 Å². The molecule has 4 N–H and O–H groups in total. The largest absolute Gasteiger partial charge is 0.494 e. The number of rotatable bonds is 9. The van der Waals surface area contributed by atoms with E-state index >= 15 is 0 Å². The predicted octanol–water partition coefficient (Wildman–Crippen LogP) is 4.82. The van der Waals surface area contributed by atoms with Crippen LogP contribution in [0.2, 0.25) is 5.02 Å². The van der Waals surface area contributed by atoms with Crippen molar-refractivity contribution in [1.82, 2.24) is 0 Å². The number of aliphatic imine (C=N–C) groups is 1. The fourth-order valence-electron chi connectivity index (χ4n) is 2.53. The normalized spacial score (nSPS) is 10.7. The fraction of sp³-hybridized carbons (Fsp3) is 0.333. The summed E-state index contributed by atoms with van der Waals surface area (Å²) in [5.74, 6) is 1.32. The molecule has 0 heterocycles. The maximum absolute atomic E-state index is 12.1. The highest BCUT2D eigenvalue weighted by molar-refractivity contribution is 14.0. The summed E-state index contributed by atoms with van der Waals surface area (Å²) >= 11 is 6.13. The number of nitrogens with two attached hydrogens (primary N) is 1. The van der Waals surface area contributed by atoms with Crippen molar-refractivity contribution in [2.24, 2.45) is 10.7 Å². The maximum atomic E-state index is 12.1. The van der Waals surface area contributed by atoms with Crippen LogP contribution in [0, 0.1) is 6.92 Å². The van der Waals surface area contributed by atoms with E-state index in [9.17, 15) is 4.79 Å².